The molecule has 3 N–H and O–H groups in total. The summed E-state index contributed by atoms with van der Waals surface area (Å²) in [4.78, 5) is 17.7. The van der Waals surface area contributed by atoms with Gasteiger partial charge in [-0.2, -0.15) is 0 Å². The summed E-state index contributed by atoms with van der Waals surface area (Å²) in [7, 11) is 3.19. The van der Waals surface area contributed by atoms with Crippen LogP contribution in [0, 0.1) is 5.92 Å². The van der Waals surface area contributed by atoms with Crippen LogP contribution in [0.2, 0.25) is 0 Å². The number of carbonyl (C=O) groups excluding carboxylic acids is 1. The summed E-state index contributed by atoms with van der Waals surface area (Å²) in [5.41, 5.74) is 9.03. The normalized spacial score (nSPS) is 13.5. The fourth-order valence-electron chi connectivity index (χ4n) is 3.50. The molecule has 1 atom stereocenters. The first-order valence-corrected chi connectivity index (χ1v) is 9.76. The van der Waals surface area contributed by atoms with Gasteiger partial charge in [0.15, 0.2) is 11.5 Å². The number of hydrogen-bond acceptors (Lipinski definition) is 5. The Balaban J connectivity index is 0.00000171. The van der Waals surface area contributed by atoms with Crippen molar-refractivity contribution in [3.63, 3.8) is 0 Å². The summed E-state index contributed by atoms with van der Waals surface area (Å²) < 4.78 is 10.7. The topological polar surface area (TPSA) is 86.5 Å². The fraction of sp³-hybridized carbons (Fsp3) is 0.304. The van der Waals surface area contributed by atoms with Gasteiger partial charge in [0.1, 0.15) is 0 Å². The van der Waals surface area contributed by atoms with Crippen LogP contribution in [-0.4, -0.2) is 37.7 Å². The van der Waals surface area contributed by atoms with Gasteiger partial charge >= 0.3 is 0 Å². The standard InChI is InChI=1S/C23H25N3O3.2ClH/c1-28-21-10-9-15(11-22(21)29-2)20-12-17(16-5-3-4-6-19(16)26-20)23(27)25-13-18(24)14-7-8-14;;/h3-6,9-12,14,18H,7-8,13,24H2,1-2H3,(H,25,27);2*1H. The maximum Gasteiger partial charge on any atom is 0.252 e. The third-order valence-electron chi connectivity index (χ3n) is 5.37. The van der Waals surface area contributed by atoms with Crippen LogP contribution < -0.4 is 20.5 Å². The van der Waals surface area contributed by atoms with E-state index < -0.39 is 0 Å². The van der Waals surface area contributed by atoms with Crippen molar-refractivity contribution in [2.24, 2.45) is 11.7 Å². The Morgan fingerprint density at radius 3 is 2.48 bits per heavy atom. The van der Waals surface area contributed by atoms with Crippen molar-refractivity contribution in [3.8, 4) is 22.8 Å². The van der Waals surface area contributed by atoms with Gasteiger partial charge in [-0.25, -0.2) is 4.98 Å². The van der Waals surface area contributed by atoms with Gasteiger partial charge in [0, 0.05) is 23.5 Å². The second-order valence-corrected chi connectivity index (χ2v) is 7.35. The highest BCUT2D eigenvalue weighted by Gasteiger charge is 2.28. The van der Waals surface area contributed by atoms with Crippen LogP contribution in [-0.2, 0) is 0 Å². The zero-order valence-corrected chi connectivity index (χ0v) is 19.1. The van der Waals surface area contributed by atoms with Gasteiger partial charge in [-0.05, 0) is 49.1 Å². The minimum absolute atomic E-state index is 0. The van der Waals surface area contributed by atoms with E-state index in [1.807, 2.05) is 48.5 Å². The molecule has 6 nitrogen and oxygen atoms in total. The molecule has 0 saturated heterocycles. The highest BCUT2D eigenvalue weighted by Crippen LogP contribution is 2.33. The number of nitrogens with two attached hydrogens (primary N) is 1. The van der Waals surface area contributed by atoms with E-state index in [0.29, 0.717) is 35.2 Å². The minimum atomic E-state index is -0.138. The number of ether oxygens (including phenoxy) is 2. The van der Waals surface area contributed by atoms with E-state index in [9.17, 15) is 4.79 Å². The van der Waals surface area contributed by atoms with E-state index >= 15 is 0 Å². The summed E-state index contributed by atoms with van der Waals surface area (Å²) >= 11 is 0. The summed E-state index contributed by atoms with van der Waals surface area (Å²) in [6, 6.07) is 15.1. The van der Waals surface area contributed by atoms with Crippen molar-refractivity contribution in [1.29, 1.82) is 0 Å². The zero-order valence-electron chi connectivity index (χ0n) is 17.5. The van der Waals surface area contributed by atoms with Crippen LogP contribution in [0.15, 0.2) is 48.5 Å². The van der Waals surface area contributed by atoms with Crippen molar-refractivity contribution in [1.82, 2.24) is 10.3 Å². The lowest BCUT2D eigenvalue weighted by Crippen LogP contribution is -2.38. The molecule has 166 valence electrons. The molecule has 0 spiro atoms. The van der Waals surface area contributed by atoms with Crippen LogP contribution in [0.5, 0.6) is 11.5 Å². The van der Waals surface area contributed by atoms with Crippen LogP contribution in [0.25, 0.3) is 22.2 Å². The van der Waals surface area contributed by atoms with E-state index in [4.69, 9.17) is 20.2 Å². The highest BCUT2D eigenvalue weighted by molar-refractivity contribution is 6.07. The first kappa shape index (κ1) is 24.7. The molecule has 0 radical (unpaired) electrons. The van der Waals surface area contributed by atoms with E-state index in [-0.39, 0.29) is 36.8 Å². The first-order chi connectivity index (χ1) is 14.1. The van der Waals surface area contributed by atoms with Crippen LogP contribution >= 0.6 is 24.8 Å². The number of pyridine rings is 1. The third kappa shape index (κ3) is 5.39. The molecule has 1 aliphatic rings. The van der Waals surface area contributed by atoms with E-state index in [2.05, 4.69) is 5.32 Å². The number of halogens is 2. The van der Waals surface area contributed by atoms with Gasteiger partial charge in [0.05, 0.1) is 31.0 Å². The SMILES string of the molecule is COc1ccc(-c2cc(C(=O)NCC(N)C3CC3)c3ccccc3n2)cc1OC.Cl.Cl. The summed E-state index contributed by atoms with van der Waals surface area (Å²) in [6.45, 7) is 0.478. The summed E-state index contributed by atoms with van der Waals surface area (Å²) in [6.07, 6.45) is 2.30. The molecule has 1 fully saturated rings. The number of nitrogens with one attached hydrogen (secondary N) is 1. The average molecular weight is 464 g/mol. The van der Waals surface area contributed by atoms with Gasteiger partial charge in [-0.15, -0.1) is 24.8 Å². The second kappa shape index (κ2) is 10.7. The fourth-order valence-corrected chi connectivity index (χ4v) is 3.50. The molecule has 0 aliphatic heterocycles. The smallest absolute Gasteiger partial charge is 0.252 e. The molecule has 1 aliphatic carbocycles. The number of nitrogens with zero attached hydrogens (tertiary/aromatic N) is 1. The van der Waals surface area contributed by atoms with E-state index in [1.165, 1.54) is 0 Å². The number of hydrogen-bond donors (Lipinski definition) is 2. The van der Waals surface area contributed by atoms with Crippen LogP contribution in [0.4, 0.5) is 0 Å². The minimum Gasteiger partial charge on any atom is -0.493 e. The van der Waals surface area contributed by atoms with Crippen molar-refractivity contribution in [2.45, 2.75) is 18.9 Å². The maximum atomic E-state index is 13.0. The lowest BCUT2D eigenvalue weighted by molar-refractivity contribution is 0.0952. The van der Waals surface area contributed by atoms with E-state index in [1.54, 1.807) is 14.2 Å². The number of fused-ring (bicyclic) bond motifs is 1. The number of para-hydroxylation sites is 1. The predicted octanol–water partition coefficient (Wildman–Crippen LogP) is 4.23. The van der Waals surface area contributed by atoms with Crippen LogP contribution in [0.3, 0.4) is 0 Å². The molecule has 3 aromatic rings. The predicted molar refractivity (Wildman–Crippen MR) is 128 cm³/mol. The largest absolute Gasteiger partial charge is 0.493 e. The number of rotatable bonds is 7. The van der Waals surface area contributed by atoms with Gasteiger partial charge in [-0.3, -0.25) is 4.79 Å². The Morgan fingerprint density at radius 2 is 1.81 bits per heavy atom. The van der Waals surface area contributed by atoms with Crippen molar-refractivity contribution >= 4 is 41.6 Å². The molecule has 1 amide bonds. The van der Waals surface area contributed by atoms with Crippen molar-refractivity contribution in [2.75, 3.05) is 20.8 Å². The monoisotopic (exact) mass is 463 g/mol. The number of aromatic nitrogens is 1. The van der Waals surface area contributed by atoms with Gasteiger partial charge in [-0.1, -0.05) is 18.2 Å². The molecule has 1 unspecified atom stereocenters. The van der Waals surface area contributed by atoms with Gasteiger partial charge in [0.2, 0.25) is 0 Å². The molecular formula is C23H27Cl2N3O3. The zero-order chi connectivity index (χ0) is 20.4. The lowest BCUT2D eigenvalue weighted by atomic mass is 10.0. The van der Waals surface area contributed by atoms with E-state index in [0.717, 1.165) is 29.3 Å². The molecule has 0 bridgehead atoms. The Bertz CT molecular complexity index is 1060. The summed E-state index contributed by atoms with van der Waals surface area (Å²) in [5.74, 6) is 1.65. The maximum absolute atomic E-state index is 13.0. The molecule has 1 saturated carbocycles. The first-order valence-electron chi connectivity index (χ1n) is 9.76. The highest BCUT2D eigenvalue weighted by atomic mass is 35.5. The van der Waals surface area contributed by atoms with Gasteiger partial charge < -0.3 is 20.5 Å². The van der Waals surface area contributed by atoms with Crippen molar-refractivity contribution < 1.29 is 14.3 Å². The molecule has 1 aromatic heterocycles. The number of amides is 1. The third-order valence-corrected chi connectivity index (χ3v) is 5.37. The summed E-state index contributed by atoms with van der Waals surface area (Å²) in [5, 5.41) is 3.81. The second-order valence-electron chi connectivity index (χ2n) is 7.35. The average Bonchev–Trinajstić information content (AvgIpc) is 3.61. The molecule has 2 aromatic carbocycles. The molecule has 4 rings (SSSR count). The van der Waals surface area contributed by atoms with Gasteiger partial charge in [0.25, 0.3) is 5.91 Å². The molecule has 8 heteroatoms. The Kier molecular flexibility index (Phi) is 8.51. The molecule has 1 heterocycles. The number of methoxy groups -OCH3 is 2. The van der Waals surface area contributed by atoms with Crippen molar-refractivity contribution in [3.05, 3.63) is 54.1 Å². The van der Waals surface area contributed by atoms with Crippen LogP contribution in [0.1, 0.15) is 23.2 Å². The lowest BCUT2D eigenvalue weighted by Gasteiger charge is -2.14. The number of benzene rings is 2. The molecule has 31 heavy (non-hydrogen) atoms. The quantitative estimate of drug-likeness (QED) is 0.547. The Morgan fingerprint density at radius 1 is 1.10 bits per heavy atom. The number of carbonyl (C=O) groups is 1. The molecular weight excluding hydrogens is 437 g/mol. The Hall–Kier alpha value is -2.54. The Labute approximate surface area is 194 Å².